The lowest BCUT2D eigenvalue weighted by Crippen LogP contribution is -2.62. The predicted molar refractivity (Wildman–Crippen MR) is 112 cm³/mol. The van der Waals surface area contributed by atoms with E-state index in [1.54, 1.807) is 12.1 Å². The summed E-state index contributed by atoms with van der Waals surface area (Å²) in [6.07, 6.45) is 6.97. The summed E-state index contributed by atoms with van der Waals surface area (Å²) in [6, 6.07) is 11.6. The Morgan fingerprint density at radius 2 is 1.04 bits per heavy atom. The number of anilines is 2. The van der Waals surface area contributed by atoms with Crippen LogP contribution in [0.3, 0.4) is 0 Å². The fraction of sp³-hybridized carbons (Fsp3) is 0.500. The van der Waals surface area contributed by atoms with E-state index < -0.39 is 0 Å². The van der Waals surface area contributed by atoms with Crippen molar-refractivity contribution in [2.45, 2.75) is 63.2 Å². The molecule has 2 aromatic rings. The molecule has 4 aliphatic rings. The smallest absolute Gasteiger partial charge is 0.138 e. The number of aromatic hydroxyl groups is 2. The minimum Gasteiger partial charge on any atom is -0.506 e. The van der Waals surface area contributed by atoms with Gasteiger partial charge in [0.1, 0.15) is 11.5 Å². The summed E-state index contributed by atoms with van der Waals surface area (Å²) in [4.78, 5) is 0. The highest BCUT2D eigenvalue weighted by molar-refractivity contribution is 5.57. The van der Waals surface area contributed by atoms with Crippen LogP contribution in [-0.4, -0.2) is 10.2 Å². The fourth-order valence-electron chi connectivity index (χ4n) is 8.08. The van der Waals surface area contributed by atoms with Crippen LogP contribution < -0.4 is 11.5 Å². The molecule has 0 radical (unpaired) electrons. The molecule has 4 fully saturated rings. The molecule has 4 saturated carbocycles. The number of nitrogens with two attached hydrogens (primary N) is 2. The Bertz CT molecular complexity index is 891. The molecule has 4 nitrogen and oxygen atoms in total. The normalized spacial score (nSPS) is 38.6. The van der Waals surface area contributed by atoms with E-state index in [1.165, 1.54) is 17.5 Å². The molecule has 0 atom stereocenters. The first-order chi connectivity index (χ1) is 13.1. The van der Waals surface area contributed by atoms with Gasteiger partial charge in [0.05, 0.1) is 11.4 Å². The molecule has 6 N–H and O–H groups in total. The third-order valence-electron chi connectivity index (χ3n) is 7.87. The Labute approximate surface area is 166 Å². The zero-order valence-corrected chi connectivity index (χ0v) is 16.8. The van der Waals surface area contributed by atoms with E-state index in [-0.39, 0.29) is 33.2 Å². The van der Waals surface area contributed by atoms with Crippen LogP contribution in [0.25, 0.3) is 0 Å². The van der Waals surface area contributed by atoms with Crippen LogP contribution in [0.15, 0.2) is 36.4 Å². The highest BCUT2D eigenvalue weighted by atomic mass is 16.3. The number of nitrogen functional groups attached to an aromatic ring is 2. The molecule has 0 aromatic heterocycles. The van der Waals surface area contributed by atoms with E-state index in [9.17, 15) is 10.2 Å². The molecule has 28 heavy (non-hydrogen) atoms. The van der Waals surface area contributed by atoms with Crippen molar-refractivity contribution >= 4 is 11.4 Å². The maximum Gasteiger partial charge on any atom is 0.138 e. The van der Waals surface area contributed by atoms with Gasteiger partial charge >= 0.3 is 0 Å². The Hall–Kier alpha value is -2.36. The van der Waals surface area contributed by atoms with Gasteiger partial charge in [-0.05, 0) is 95.6 Å². The highest BCUT2D eigenvalue weighted by Gasteiger charge is 2.66. The first-order valence-electron chi connectivity index (χ1n) is 10.2. The summed E-state index contributed by atoms with van der Waals surface area (Å²) < 4.78 is 0. The third kappa shape index (κ3) is 2.36. The predicted octanol–water partition coefficient (Wildman–Crippen LogP) is 4.83. The zero-order valence-electron chi connectivity index (χ0n) is 16.8. The average Bonchev–Trinajstić information content (AvgIpc) is 2.56. The van der Waals surface area contributed by atoms with Gasteiger partial charge in [0.2, 0.25) is 0 Å². The van der Waals surface area contributed by atoms with E-state index in [4.69, 9.17) is 11.5 Å². The molecule has 0 unspecified atom stereocenters. The summed E-state index contributed by atoms with van der Waals surface area (Å²) in [7, 11) is 0. The largest absolute Gasteiger partial charge is 0.506 e. The van der Waals surface area contributed by atoms with E-state index in [2.05, 4.69) is 26.0 Å². The van der Waals surface area contributed by atoms with Gasteiger partial charge in [-0.2, -0.15) is 0 Å². The second-order valence-corrected chi connectivity index (χ2v) is 10.8. The first kappa shape index (κ1) is 17.7. The molecule has 4 aliphatic carbocycles. The number of phenols is 2. The second kappa shape index (κ2) is 5.16. The average molecular weight is 379 g/mol. The van der Waals surface area contributed by atoms with Crippen molar-refractivity contribution in [2.24, 2.45) is 10.8 Å². The van der Waals surface area contributed by atoms with Crippen molar-refractivity contribution in [2.75, 3.05) is 11.5 Å². The van der Waals surface area contributed by atoms with E-state index in [0.29, 0.717) is 11.4 Å². The van der Waals surface area contributed by atoms with Gasteiger partial charge in [-0.1, -0.05) is 26.0 Å². The number of hydrogen-bond acceptors (Lipinski definition) is 4. The van der Waals surface area contributed by atoms with Crippen molar-refractivity contribution in [3.05, 3.63) is 47.5 Å². The Kier molecular flexibility index (Phi) is 3.27. The van der Waals surface area contributed by atoms with Crippen LogP contribution in [0.1, 0.15) is 63.5 Å². The van der Waals surface area contributed by atoms with Crippen LogP contribution in [0.4, 0.5) is 11.4 Å². The molecule has 0 saturated heterocycles. The molecule has 6 rings (SSSR count). The summed E-state index contributed by atoms with van der Waals surface area (Å²) in [6.45, 7) is 4.89. The molecular weight excluding hydrogens is 348 g/mol. The molecule has 0 spiro atoms. The lowest BCUT2D eigenvalue weighted by atomic mass is 9.34. The van der Waals surface area contributed by atoms with Crippen LogP contribution >= 0.6 is 0 Å². The monoisotopic (exact) mass is 378 g/mol. The van der Waals surface area contributed by atoms with Gasteiger partial charge in [0.25, 0.3) is 0 Å². The maximum atomic E-state index is 9.95. The minimum atomic E-state index is 0.0622. The van der Waals surface area contributed by atoms with Gasteiger partial charge < -0.3 is 21.7 Å². The van der Waals surface area contributed by atoms with Crippen molar-refractivity contribution in [3.63, 3.8) is 0 Å². The van der Waals surface area contributed by atoms with Crippen molar-refractivity contribution in [1.82, 2.24) is 0 Å². The Balaban J connectivity index is 1.69. The van der Waals surface area contributed by atoms with Gasteiger partial charge in [0, 0.05) is 0 Å². The van der Waals surface area contributed by atoms with Crippen LogP contribution in [-0.2, 0) is 10.8 Å². The summed E-state index contributed by atoms with van der Waals surface area (Å²) in [5.74, 6) is 0.318. The topological polar surface area (TPSA) is 92.5 Å². The standard InChI is InChI=1S/C24H30N2O2/c1-21-9-22(2)12-23(10-21,15-3-5-19(27)17(25)7-15)14-24(11-21,13-22)16-4-6-20(28)18(26)8-16/h3-8,27-28H,9-14,25-26H2,1-2H3. The Morgan fingerprint density at radius 3 is 1.39 bits per heavy atom. The molecule has 4 bridgehead atoms. The third-order valence-corrected chi connectivity index (χ3v) is 7.87. The molecule has 4 heteroatoms. The van der Waals surface area contributed by atoms with E-state index in [1.807, 2.05) is 12.1 Å². The molecular formula is C24H30N2O2. The van der Waals surface area contributed by atoms with Crippen LogP contribution in [0.2, 0.25) is 0 Å². The first-order valence-corrected chi connectivity index (χ1v) is 10.2. The maximum absolute atomic E-state index is 9.95. The van der Waals surface area contributed by atoms with Gasteiger partial charge in [-0.3, -0.25) is 0 Å². The lowest BCUT2D eigenvalue weighted by molar-refractivity contribution is -0.126. The van der Waals surface area contributed by atoms with E-state index >= 15 is 0 Å². The fourth-order valence-corrected chi connectivity index (χ4v) is 8.08. The van der Waals surface area contributed by atoms with Crippen molar-refractivity contribution < 1.29 is 10.2 Å². The number of rotatable bonds is 2. The molecule has 148 valence electrons. The second-order valence-electron chi connectivity index (χ2n) is 10.8. The number of hydrogen-bond donors (Lipinski definition) is 4. The summed E-state index contributed by atoms with van der Waals surface area (Å²) in [5, 5.41) is 19.9. The quantitative estimate of drug-likeness (QED) is 0.445. The van der Waals surface area contributed by atoms with Crippen molar-refractivity contribution in [3.8, 4) is 11.5 Å². The zero-order chi connectivity index (χ0) is 19.9. The number of phenolic OH excluding ortho intramolecular Hbond substituents is 2. The minimum absolute atomic E-state index is 0.0622. The number of benzene rings is 2. The molecule has 2 aromatic carbocycles. The molecule has 0 amide bonds. The summed E-state index contributed by atoms with van der Waals surface area (Å²) >= 11 is 0. The Morgan fingerprint density at radius 1 is 0.643 bits per heavy atom. The highest BCUT2D eigenvalue weighted by Crippen LogP contribution is 2.74. The van der Waals surface area contributed by atoms with Crippen molar-refractivity contribution in [1.29, 1.82) is 0 Å². The molecule has 0 heterocycles. The summed E-state index contributed by atoms with van der Waals surface area (Å²) in [5.41, 5.74) is 16.3. The molecule has 0 aliphatic heterocycles. The lowest BCUT2D eigenvalue weighted by Gasteiger charge is -2.70. The van der Waals surface area contributed by atoms with Gasteiger partial charge in [0.15, 0.2) is 0 Å². The van der Waals surface area contributed by atoms with Crippen LogP contribution in [0, 0.1) is 10.8 Å². The SMILES string of the molecule is CC12CC3(C)CC(c4ccc(O)c(N)c4)(C1)CC(c1ccc(O)c(N)c1)(C2)C3. The van der Waals surface area contributed by atoms with E-state index in [0.717, 1.165) is 32.1 Å². The van der Waals surface area contributed by atoms with Crippen LogP contribution in [0.5, 0.6) is 11.5 Å². The van der Waals surface area contributed by atoms with Gasteiger partial charge in [-0.15, -0.1) is 0 Å². The van der Waals surface area contributed by atoms with Gasteiger partial charge in [-0.25, -0.2) is 0 Å².